The number of hydrogen-bond donors (Lipinski definition) is 2. The number of nitrogens with zero attached hydrogens (tertiary/aromatic N) is 1. The van der Waals surface area contributed by atoms with Crippen LogP contribution in [0.2, 0.25) is 0 Å². The van der Waals surface area contributed by atoms with Gasteiger partial charge in [0.2, 0.25) is 5.91 Å². The van der Waals surface area contributed by atoms with Gasteiger partial charge in [-0.2, -0.15) is 0 Å². The highest BCUT2D eigenvalue weighted by Crippen LogP contribution is 2.59. The molecule has 1 saturated heterocycles. The third kappa shape index (κ3) is 3.67. The van der Waals surface area contributed by atoms with Gasteiger partial charge in [0.05, 0.1) is 0 Å². The summed E-state index contributed by atoms with van der Waals surface area (Å²) in [5.74, 6) is 2.50. The normalized spacial score (nSPS) is 39.0. The van der Waals surface area contributed by atoms with Crippen molar-refractivity contribution < 1.29 is 14.4 Å². The lowest BCUT2D eigenvalue weighted by Crippen LogP contribution is -2.52. The first kappa shape index (κ1) is 19.7. The molecule has 28 heavy (non-hydrogen) atoms. The Balaban J connectivity index is 1.31. The monoisotopic (exact) mass is 389 g/mol. The molecular formula is C22H35N3O3. The number of carbonyl (C=O) groups is 3. The zero-order valence-corrected chi connectivity index (χ0v) is 17.6. The maximum absolute atomic E-state index is 12.8. The molecule has 6 nitrogen and oxygen atoms in total. The summed E-state index contributed by atoms with van der Waals surface area (Å²) in [6, 6.07) is -0.443. The van der Waals surface area contributed by atoms with E-state index in [9.17, 15) is 14.4 Å². The van der Waals surface area contributed by atoms with Gasteiger partial charge in [-0.25, -0.2) is 4.79 Å². The molecule has 5 rings (SSSR count). The third-order valence-corrected chi connectivity index (χ3v) is 7.69. The number of hydrogen-bond acceptors (Lipinski definition) is 3. The lowest BCUT2D eigenvalue weighted by Gasteiger charge is -2.56. The van der Waals surface area contributed by atoms with Gasteiger partial charge in [-0.3, -0.25) is 14.5 Å². The molecule has 0 unspecified atom stereocenters. The van der Waals surface area contributed by atoms with E-state index in [-0.39, 0.29) is 23.8 Å². The van der Waals surface area contributed by atoms with Gasteiger partial charge in [-0.05, 0) is 87.4 Å². The van der Waals surface area contributed by atoms with Crippen molar-refractivity contribution in [2.75, 3.05) is 13.1 Å². The molecule has 2 N–H and O–H groups in total. The van der Waals surface area contributed by atoms with E-state index >= 15 is 0 Å². The molecule has 6 heteroatoms. The average molecular weight is 390 g/mol. The van der Waals surface area contributed by atoms with E-state index in [4.69, 9.17) is 0 Å². The molecule has 4 bridgehead atoms. The van der Waals surface area contributed by atoms with Crippen molar-refractivity contribution in [3.8, 4) is 0 Å². The fourth-order valence-corrected chi connectivity index (χ4v) is 6.63. The van der Waals surface area contributed by atoms with Crippen LogP contribution in [0.25, 0.3) is 0 Å². The van der Waals surface area contributed by atoms with E-state index in [0.717, 1.165) is 29.1 Å². The highest BCUT2D eigenvalue weighted by atomic mass is 16.2. The van der Waals surface area contributed by atoms with Crippen LogP contribution in [0.4, 0.5) is 4.79 Å². The second-order valence-corrected chi connectivity index (χ2v) is 10.8. The molecule has 156 valence electrons. The molecule has 0 radical (unpaired) electrons. The molecule has 4 aliphatic carbocycles. The van der Waals surface area contributed by atoms with E-state index in [1.165, 1.54) is 38.5 Å². The van der Waals surface area contributed by atoms with Gasteiger partial charge in [0.15, 0.2) is 0 Å². The van der Waals surface area contributed by atoms with Gasteiger partial charge in [0.25, 0.3) is 5.91 Å². The predicted molar refractivity (Wildman–Crippen MR) is 106 cm³/mol. The number of urea groups is 1. The van der Waals surface area contributed by atoms with Crippen LogP contribution in [0.1, 0.15) is 72.1 Å². The molecule has 0 aromatic heterocycles. The summed E-state index contributed by atoms with van der Waals surface area (Å²) >= 11 is 0. The minimum Gasteiger partial charge on any atom is -0.354 e. The number of carbonyl (C=O) groups excluding carboxylic acids is 3. The van der Waals surface area contributed by atoms with Crippen molar-refractivity contribution in [1.82, 2.24) is 15.5 Å². The van der Waals surface area contributed by atoms with E-state index < -0.39 is 11.6 Å². The second-order valence-electron chi connectivity index (χ2n) is 10.8. The maximum Gasteiger partial charge on any atom is 0.325 e. The van der Waals surface area contributed by atoms with Crippen molar-refractivity contribution in [3.63, 3.8) is 0 Å². The van der Waals surface area contributed by atoms with Crippen LogP contribution in [0.5, 0.6) is 0 Å². The number of rotatable bonds is 7. The summed E-state index contributed by atoms with van der Waals surface area (Å²) in [5.41, 5.74) is -0.630. The zero-order chi connectivity index (χ0) is 20.1. The van der Waals surface area contributed by atoms with Crippen molar-refractivity contribution in [3.05, 3.63) is 0 Å². The standard InChI is InChI=1S/C22H35N3O3/c1-14(2)4-5-21(3)19(27)25(20(28)24-21)12-18(26)23-13-22-9-15-6-16(10-22)8-17(7-15)11-22/h14-17H,4-13H2,1-3H3,(H,23,26)(H,24,28)/t15?,16?,17?,21-,22?/m0/s1. The van der Waals surface area contributed by atoms with E-state index in [1.54, 1.807) is 6.92 Å². The van der Waals surface area contributed by atoms with Gasteiger partial charge in [0, 0.05) is 6.54 Å². The number of imide groups is 1. The molecule has 0 spiro atoms. The first-order valence-corrected chi connectivity index (χ1v) is 11.1. The number of nitrogens with one attached hydrogen (secondary N) is 2. The lowest BCUT2D eigenvalue weighted by molar-refractivity contribution is -0.135. The van der Waals surface area contributed by atoms with Crippen LogP contribution < -0.4 is 10.6 Å². The molecule has 0 aromatic carbocycles. The third-order valence-electron chi connectivity index (χ3n) is 7.69. The van der Waals surface area contributed by atoms with E-state index in [0.29, 0.717) is 18.9 Å². The summed E-state index contributed by atoms with van der Waals surface area (Å²) in [6.07, 6.45) is 9.29. The first-order valence-electron chi connectivity index (χ1n) is 11.1. The van der Waals surface area contributed by atoms with Gasteiger partial charge in [-0.1, -0.05) is 13.8 Å². The number of amides is 4. The molecule has 5 aliphatic rings. The SMILES string of the molecule is CC(C)CC[C@]1(C)NC(=O)N(CC(=O)NCC23CC4CC(CC(C4)C2)C3)C1=O. The molecule has 4 saturated carbocycles. The Morgan fingerprint density at radius 2 is 1.71 bits per heavy atom. The summed E-state index contributed by atoms with van der Waals surface area (Å²) in [4.78, 5) is 38.8. The fraction of sp³-hybridized carbons (Fsp3) is 0.864. The Hall–Kier alpha value is -1.59. The van der Waals surface area contributed by atoms with Crippen molar-refractivity contribution >= 4 is 17.8 Å². The molecule has 1 aliphatic heterocycles. The molecule has 1 heterocycles. The fourth-order valence-electron chi connectivity index (χ4n) is 6.63. The Labute approximate surface area is 168 Å². The van der Waals surface area contributed by atoms with Crippen molar-refractivity contribution in [2.45, 2.75) is 77.7 Å². The minimum atomic E-state index is -0.887. The van der Waals surface area contributed by atoms with Gasteiger partial charge < -0.3 is 10.6 Å². The smallest absolute Gasteiger partial charge is 0.325 e. The van der Waals surface area contributed by atoms with Crippen molar-refractivity contribution in [2.24, 2.45) is 29.1 Å². The largest absolute Gasteiger partial charge is 0.354 e. The Kier molecular flexibility index (Phi) is 4.95. The zero-order valence-electron chi connectivity index (χ0n) is 17.6. The van der Waals surface area contributed by atoms with Gasteiger partial charge in [0.1, 0.15) is 12.1 Å². The molecule has 4 amide bonds. The topological polar surface area (TPSA) is 78.5 Å². The Bertz CT molecular complexity index is 639. The van der Waals surface area contributed by atoms with Crippen LogP contribution in [0.15, 0.2) is 0 Å². The van der Waals surface area contributed by atoms with Gasteiger partial charge >= 0.3 is 6.03 Å². The Morgan fingerprint density at radius 1 is 1.14 bits per heavy atom. The van der Waals surface area contributed by atoms with Gasteiger partial charge in [-0.15, -0.1) is 0 Å². The first-order chi connectivity index (χ1) is 13.2. The quantitative estimate of drug-likeness (QED) is 0.657. The highest BCUT2D eigenvalue weighted by Gasteiger charge is 2.51. The maximum atomic E-state index is 12.8. The average Bonchev–Trinajstić information content (AvgIpc) is 2.81. The summed E-state index contributed by atoms with van der Waals surface area (Å²) < 4.78 is 0. The molecule has 1 atom stereocenters. The van der Waals surface area contributed by atoms with Crippen LogP contribution in [-0.2, 0) is 9.59 Å². The lowest BCUT2D eigenvalue weighted by atomic mass is 9.49. The highest BCUT2D eigenvalue weighted by molar-refractivity contribution is 6.08. The van der Waals surface area contributed by atoms with Crippen LogP contribution in [-0.4, -0.2) is 41.4 Å². The summed E-state index contributed by atoms with van der Waals surface area (Å²) in [7, 11) is 0. The summed E-state index contributed by atoms with van der Waals surface area (Å²) in [6.45, 7) is 6.49. The van der Waals surface area contributed by atoms with Crippen LogP contribution in [0, 0.1) is 29.1 Å². The Morgan fingerprint density at radius 3 is 2.25 bits per heavy atom. The molecule has 5 fully saturated rings. The predicted octanol–water partition coefficient (Wildman–Crippen LogP) is 3.07. The molecular weight excluding hydrogens is 354 g/mol. The van der Waals surface area contributed by atoms with E-state index in [2.05, 4.69) is 24.5 Å². The van der Waals surface area contributed by atoms with Crippen LogP contribution in [0.3, 0.4) is 0 Å². The summed E-state index contributed by atoms with van der Waals surface area (Å²) in [5, 5.41) is 5.87. The minimum absolute atomic E-state index is 0.172. The molecule has 0 aromatic rings. The van der Waals surface area contributed by atoms with Crippen molar-refractivity contribution in [1.29, 1.82) is 0 Å². The second kappa shape index (κ2) is 7.03. The van der Waals surface area contributed by atoms with Crippen LogP contribution >= 0.6 is 0 Å². The van der Waals surface area contributed by atoms with E-state index in [1.807, 2.05) is 0 Å².